The first kappa shape index (κ1) is 9.44. The van der Waals surface area contributed by atoms with E-state index in [9.17, 15) is 8.78 Å². The average molecular weight is 177 g/mol. The second kappa shape index (κ2) is 3.57. The number of rotatable bonds is 3. The maximum atomic E-state index is 12.3. The lowest BCUT2D eigenvalue weighted by Crippen LogP contribution is -2.29. The zero-order valence-electron chi connectivity index (χ0n) is 5.00. The van der Waals surface area contributed by atoms with Crippen LogP contribution in [-0.2, 0) is 0 Å². The number of hydrogen-bond donors (Lipinski definition) is 0. The summed E-state index contributed by atoms with van der Waals surface area (Å²) in [5, 5.41) is -1.23. The summed E-state index contributed by atoms with van der Waals surface area (Å²) < 4.78 is 24.7. The molecule has 0 fully saturated rings. The van der Waals surface area contributed by atoms with Crippen molar-refractivity contribution in [2.45, 2.75) is 24.6 Å². The standard InChI is InChI=1S/C5H8Cl2F2/c1-2-5(8,9)4(7)3-6/h4H,2-3H2,1H3. The van der Waals surface area contributed by atoms with Gasteiger partial charge >= 0.3 is 0 Å². The molecule has 0 N–H and O–H groups in total. The Bertz CT molecular complexity index is 85.0. The molecule has 0 saturated carbocycles. The molecule has 0 saturated heterocycles. The Morgan fingerprint density at radius 3 is 2.11 bits per heavy atom. The highest BCUT2D eigenvalue weighted by Gasteiger charge is 2.35. The fourth-order valence-corrected chi connectivity index (χ4v) is 0.714. The van der Waals surface area contributed by atoms with E-state index in [-0.39, 0.29) is 12.3 Å². The van der Waals surface area contributed by atoms with Crippen LogP contribution < -0.4 is 0 Å². The summed E-state index contributed by atoms with van der Waals surface area (Å²) in [5.74, 6) is -3.02. The van der Waals surface area contributed by atoms with Crippen LogP contribution in [0.4, 0.5) is 8.78 Å². The molecule has 0 aliphatic carbocycles. The lowest BCUT2D eigenvalue weighted by Gasteiger charge is -2.17. The smallest absolute Gasteiger partial charge is 0.205 e. The Labute approximate surface area is 63.1 Å². The summed E-state index contributed by atoms with van der Waals surface area (Å²) in [6, 6.07) is 0. The molecule has 0 aliphatic rings. The zero-order valence-corrected chi connectivity index (χ0v) is 6.52. The summed E-state index contributed by atoms with van der Waals surface area (Å²) in [5.41, 5.74) is 0. The van der Waals surface area contributed by atoms with Gasteiger partial charge in [0.2, 0.25) is 0 Å². The Morgan fingerprint density at radius 2 is 2.00 bits per heavy atom. The molecule has 1 unspecified atom stereocenters. The predicted molar refractivity (Wildman–Crippen MR) is 35.6 cm³/mol. The van der Waals surface area contributed by atoms with Gasteiger partial charge in [-0.3, -0.25) is 0 Å². The second-order valence-corrected chi connectivity index (χ2v) is 2.57. The van der Waals surface area contributed by atoms with Crippen molar-refractivity contribution in [2.24, 2.45) is 0 Å². The van der Waals surface area contributed by atoms with Crippen LogP contribution in [0.5, 0.6) is 0 Å². The van der Waals surface area contributed by atoms with Gasteiger partial charge in [-0.15, -0.1) is 23.2 Å². The number of hydrogen-bond acceptors (Lipinski definition) is 0. The zero-order chi connectivity index (χ0) is 7.49. The van der Waals surface area contributed by atoms with Gasteiger partial charge in [-0.1, -0.05) is 6.92 Å². The molecule has 0 aromatic carbocycles. The van der Waals surface area contributed by atoms with Gasteiger partial charge in [0.15, 0.2) is 0 Å². The summed E-state index contributed by atoms with van der Waals surface area (Å²) in [6.07, 6.45) is -0.256. The Morgan fingerprint density at radius 1 is 1.56 bits per heavy atom. The van der Waals surface area contributed by atoms with Crippen molar-refractivity contribution in [2.75, 3.05) is 5.88 Å². The monoisotopic (exact) mass is 176 g/mol. The van der Waals surface area contributed by atoms with Gasteiger partial charge in [0, 0.05) is 12.3 Å². The molecular formula is C5H8Cl2F2. The van der Waals surface area contributed by atoms with Crippen LogP contribution in [0.25, 0.3) is 0 Å². The normalized spacial score (nSPS) is 15.7. The van der Waals surface area contributed by atoms with Crippen LogP contribution >= 0.6 is 23.2 Å². The second-order valence-electron chi connectivity index (χ2n) is 1.74. The van der Waals surface area contributed by atoms with Crippen LogP contribution in [0.1, 0.15) is 13.3 Å². The quantitative estimate of drug-likeness (QED) is 0.581. The molecule has 0 rings (SSSR count). The molecule has 0 bridgehead atoms. The van der Waals surface area contributed by atoms with Crippen molar-refractivity contribution in [1.29, 1.82) is 0 Å². The molecule has 0 aromatic heterocycles. The van der Waals surface area contributed by atoms with Crippen molar-refractivity contribution in [3.05, 3.63) is 0 Å². The van der Waals surface area contributed by atoms with Gasteiger partial charge in [-0.25, -0.2) is 8.78 Å². The van der Waals surface area contributed by atoms with Crippen molar-refractivity contribution in [1.82, 2.24) is 0 Å². The van der Waals surface area contributed by atoms with Crippen molar-refractivity contribution < 1.29 is 8.78 Å². The fourth-order valence-electron chi connectivity index (χ4n) is 0.334. The van der Waals surface area contributed by atoms with Gasteiger partial charge < -0.3 is 0 Å². The van der Waals surface area contributed by atoms with Gasteiger partial charge in [-0.05, 0) is 0 Å². The Balaban J connectivity index is 3.80. The van der Waals surface area contributed by atoms with E-state index in [1.165, 1.54) is 6.92 Å². The molecule has 0 aromatic rings. The van der Waals surface area contributed by atoms with E-state index in [1.807, 2.05) is 0 Å². The molecule has 56 valence electrons. The van der Waals surface area contributed by atoms with Gasteiger partial charge in [0.1, 0.15) is 5.38 Å². The SMILES string of the molecule is CCC(F)(F)C(Cl)CCl. The first-order valence-corrected chi connectivity index (χ1v) is 3.59. The topological polar surface area (TPSA) is 0 Å². The lowest BCUT2D eigenvalue weighted by atomic mass is 10.2. The molecule has 0 amide bonds. The summed E-state index contributed by atoms with van der Waals surface area (Å²) in [7, 11) is 0. The molecule has 4 heteroatoms. The molecule has 0 aliphatic heterocycles. The van der Waals surface area contributed by atoms with Crippen LogP contribution in [0.3, 0.4) is 0 Å². The van der Waals surface area contributed by atoms with Gasteiger partial charge in [0.25, 0.3) is 5.92 Å². The van der Waals surface area contributed by atoms with E-state index in [0.717, 1.165) is 0 Å². The Kier molecular flexibility index (Phi) is 3.74. The van der Waals surface area contributed by atoms with Crippen molar-refractivity contribution in [3.63, 3.8) is 0 Å². The summed E-state index contributed by atoms with van der Waals surface area (Å²) in [6.45, 7) is 1.38. The van der Waals surface area contributed by atoms with E-state index in [2.05, 4.69) is 0 Å². The van der Waals surface area contributed by atoms with E-state index in [4.69, 9.17) is 23.2 Å². The first-order valence-electron chi connectivity index (χ1n) is 2.62. The highest BCUT2D eigenvalue weighted by atomic mass is 35.5. The van der Waals surface area contributed by atoms with E-state index in [0.29, 0.717) is 0 Å². The predicted octanol–water partition coefficient (Wildman–Crippen LogP) is 2.88. The van der Waals surface area contributed by atoms with Gasteiger partial charge in [-0.2, -0.15) is 0 Å². The number of halogens is 4. The molecular weight excluding hydrogens is 169 g/mol. The third-order valence-electron chi connectivity index (χ3n) is 1.07. The van der Waals surface area contributed by atoms with E-state index >= 15 is 0 Å². The van der Waals surface area contributed by atoms with Crippen LogP contribution in [0, 0.1) is 0 Å². The van der Waals surface area contributed by atoms with Gasteiger partial charge in [0.05, 0.1) is 0 Å². The van der Waals surface area contributed by atoms with E-state index in [1.54, 1.807) is 0 Å². The molecule has 0 nitrogen and oxygen atoms in total. The molecule has 9 heavy (non-hydrogen) atoms. The Hall–Kier alpha value is 0.440. The largest absolute Gasteiger partial charge is 0.265 e. The van der Waals surface area contributed by atoms with Crippen molar-refractivity contribution in [3.8, 4) is 0 Å². The van der Waals surface area contributed by atoms with Crippen molar-refractivity contribution >= 4 is 23.2 Å². The van der Waals surface area contributed by atoms with E-state index < -0.39 is 11.3 Å². The van der Waals surface area contributed by atoms with Crippen LogP contribution in [0.15, 0.2) is 0 Å². The average Bonchev–Trinajstić information content (AvgIpc) is 1.86. The summed E-state index contributed by atoms with van der Waals surface area (Å²) in [4.78, 5) is 0. The first-order chi connectivity index (χ1) is 4.04. The maximum absolute atomic E-state index is 12.3. The lowest BCUT2D eigenvalue weighted by molar-refractivity contribution is -0.00165. The third kappa shape index (κ3) is 2.67. The highest BCUT2D eigenvalue weighted by molar-refractivity contribution is 6.28. The minimum Gasteiger partial charge on any atom is -0.205 e. The fraction of sp³-hybridized carbons (Fsp3) is 1.00. The molecule has 0 heterocycles. The third-order valence-corrected chi connectivity index (χ3v) is 2.01. The molecule has 1 atom stereocenters. The number of alkyl halides is 4. The molecule has 0 radical (unpaired) electrons. The molecule has 0 spiro atoms. The highest BCUT2D eigenvalue weighted by Crippen LogP contribution is 2.27. The van der Waals surface area contributed by atoms with Crippen LogP contribution in [-0.4, -0.2) is 17.2 Å². The summed E-state index contributed by atoms with van der Waals surface area (Å²) >= 11 is 10.3. The minimum atomic E-state index is -2.82. The van der Waals surface area contributed by atoms with Crippen LogP contribution in [0.2, 0.25) is 0 Å². The minimum absolute atomic E-state index is 0.206. The maximum Gasteiger partial charge on any atom is 0.265 e.